The number of aryl methyl sites for hydroxylation is 1. The maximum absolute atomic E-state index is 8.46. The van der Waals surface area contributed by atoms with E-state index in [9.17, 15) is 0 Å². The van der Waals surface area contributed by atoms with Crippen LogP contribution in [0.2, 0.25) is 0 Å². The third-order valence-electron chi connectivity index (χ3n) is 1.85. The molecule has 0 unspecified atom stereocenters. The molecule has 0 bridgehead atoms. The molecule has 0 aliphatic heterocycles. The zero-order valence-electron chi connectivity index (χ0n) is 7.33. The van der Waals surface area contributed by atoms with Gasteiger partial charge in [0.05, 0.1) is 6.07 Å². The van der Waals surface area contributed by atoms with Crippen LogP contribution in [0.15, 0.2) is 30.3 Å². The zero-order chi connectivity index (χ0) is 8.97. The van der Waals surface area contributed by atoms with Gasteiger partial charge in [-0.2, -0.15) is 5.26 Å². The third-order valence-corrected chi connectivity index (χ3v) is 1.85. The minimum Gasteiger partial charge on any atom is -0.193 e. The second-order valence-corrected chi connectivity index (χ2v) is 2.77. The second kappa shape index (κ2) is 3.73. The topological polar surface area (TPSA) is 23.8 Å². The highest BCUT2D eigenvalue weighted by Gasteiger charge is 1.97. The summed E-state index contributed by atoms with van der Waals surface area (Å²) in [6.07, 6.45) is 1.57. The number of hydrogen-bond acceptors (Lipinski definition) is 1. The summed E-state index contributed by atoms with van der Waals surface area (Å²) < 4.78 is 0. The van der Waals surface area contributed by atoms with Crippen LogP contribution in [-0.4, -0.2) is 0 Å². The summed E-state index contributed by atoms with van der Waals surface area (Å²) in [4.78, 5) is 0. The van der Waals surface area contributed by atoms with Crippen molar-refractivity contribution in [1.29, 1.82) is 5.26 Å². The molecule has 1 nitrogen and oxygen atoms in total. The van der Waals surface area contributed by atoms with Gasteiger partial charge in [0.25, 0.3) is 0 Å². The van der Waals surface area contributed by atoms with Crippen LogP contribution in [0.25, 0.3) is 5.57 Å². The number of benzene rings is 1. The molecule has 0 aliphatic rings. The van der Waals surface area contributed by atoms with Gasteiger partial charge >= 0.3 is 0 Å². The first-order valence-electron chi connectivity index (χ1n) is 3.88. The van der Waals surface area contributed by atoms with Gasteiger partial charge in [0, 0.05) is 6.08 Å². The Hall–Kier alpha value is -1.55. The van der Waals surface area contributed by atoms with Gasteiger partial charge in [-0.1, -0.05) is 24.3 Å². The highest BCUT2D eigenvalue weighted by Crippen LogP contribution is 2.16. The lowest BCUT2D eigenvalue weighted by atomic mass is 10.0. The molecule has 0 heterocycles. The molecule has 1 aromatic rings. The summed E-state index contributed by atoms with van der Waals surface area (Å²) in [5.74, 6) is 0. The van der Waals surface area contributed by atoms with E-state index in [1.807, 2.05) is 44.2 Å². The van der Waals surface area contributed by atoms with E-state index in [-0.39, 0.29) is 0 Å². The van der Waals surface area contributed by atoms with Crippen molar-refractivity contribution in [3.05, 3.63) is 41.5 Å². The van der Waals surface area contributed by atoms with E-state index in [2.05, 4.69) is 0 Å². The molecule has 0 saturated heterocycles. The highest BCUT2D eigenvalue weighted by molar-refractivity contribution is 5.68. The van der Waals surface area contributed by atoms with Crippen molar-refractivity contribution >= 4 is 5.57 Å². The first-order chi connectivity index (χ1) is 5.75. The fourth-order valence-electron chi connectivity index (χ4n) is 1.19. The summed E-state index contributed by atoms with van der Waals surface area (Å²) in [6, 6.07) is 10.1. The van der Waals surface area contributed by atoms with Gasteiger partial charge in [0.15, 0.2) is 0 Å². The van der Waals surface area contributed by atoms with E-state index < -0.39 is 0 Å². The van der Waals surface area contributed by atoms with Crippen LogP contribution in [0.5, 0.6) is 0 Å². The molecule has 12 heavy (non-hydrogen) atoms. The zero-order valence-corrected chi connectivity index (χ0v) is 7.33. The van der Waals surface area contributed by atoms with Gasteiger partial charge in [-0.05, 0) is 30.5 Å². The Balaban J connectivity index is 3.13. The Morgan fingerprint density at radius 3 is 2.67 bits per heavy atom. The van der Waals surface area contributed by atoms with E-state index in [0.29, 0.717) is 0 Å². The SMILES string of the molecule is C/C(=C\C#N)c1ccccc1C. The lowest BCUT2D eigenvalue weighted by Gasteiger charge is -2.02. The minimum atomic E-state index is 1.02. The van der Waals surface area contributed by atoms with Crippen molar-refractivity contribution in [3.8, 4) is 6.07 Å². The first-order valence-corrected chi connectivity index (χ1v) is 3.88. The molecule has 1 heteroatoms. The minimum absolute atomic E-state index is 1.02. The highest BCUT2D eigenvalue weighted by atomic mass is 14.2. The predicted molar refractivity (Wildman–Crippen MR) is 50.4 cm³/mol. The van der Waals surface area contributed by atoms with Crippen molar-refractivity contribution in [2.24, 2.45) is 0 Å². The average Bonchev–Trinajstić information content (AvgIpc) is 2.05. The number of allylic oxidation sites excluding steroid dienone is 2. The van der Waals surface area contributed by atoms with Crippen LogP contribution in [0.3, 0.4) is 0 Å². The fourth-order valence-corrected chi connectivity index (χ4v) is 1.19. The largest absolute Gasteiger partial charge is 0.193 e. The fraction of sp³-hybridized carbons (Fsp3) is 0.182. The van der Waals surface area contributed by atoms with Crippen LogP contribution in [0.4, 0.5) is 0 Å². The number of nitrogens with zero attached hydrogens (tertiary/aromatic N) is 1. The van der Waals surface area contributed by atoms with Crippen molar-refractivity contribution in [1.82, 2.24) is 0 Å². The molecule has 0 atom stereocenters. The maximum atomic E-state index is 8.46. The maximum Gasteiger partial charge on any atom is 0.0915 e. The van der Waals surface area contributed by atoms with Gasteiger partial charge < -0.3 is 0 Å². The number of nitriles is 1. The Bertz CT molecular complexity index is 342. The molecule has 0 radical (unpaired) electrons. The van der Waals surface area contributed by atoms with Gasteiger partial charge in [-0.15, -0.1) is 0 Å². The molecule has 0 fully saturated rings. The molecule has 1 aromatic carbocycles. The first kappa shape index (κ1) is 8.55. The van der Waals surface area contributed by atoms with Crippen LogP contribution in [0, 0.1) is 18.3 Å². The van der Waals surface area contributed by atoms with E-state index in [0.717, 1.165) is 11.1 Å². The van der Waals surface area contributed by atoms with Crippen LogP contribution in [0.1, 0.15) is 18.1 Å². The summed E-state index contributed by atoms with van der Waals surface area (Å²) in [5.41, 5.74) is 3.39. The smallest absolute Gasteiger partial charge is 0.0915 e. The lowest BCUT2D eigenvalue weighted by molar-refractivity contribution is 1.41. The molecule has 0 aliphatic carbocycles. The van der Waals surface area contributed by atoms with Crippen molar-refractivity contribution in [2.75, 3.05) is 0 Å². The molecular weight excluding hydrogens is 146 g/mol. The molecule has 0 aromatic heterocycles. The Kier molecular flexibility index (Phi) is 2.66. The summed E-state index contributed by atoms with van der Waals surface area (Å²) >= 11 is 0. The molecule has 60 valence electrons. The van der Waals surface area contributed by atoms with Crippen LogP contribution >= 0.6 is 0 Å². The molecular formula is C11H11N. The van der Waals surface area contributed by atoms with Gasteiger partial charge in [0.2, 0.25) is 0 Å². The van der Waals surface area contributed by atoms with Gasteiger partial charge in [-0.25, -0.2) is 0 Å². The normalized spacial score (nSPS) is 10.9. The van der Waals surface area contributed by atoms with Crippen molar-refractivity contribution in [2.45, 2.75) is 13.8 Å². The van der Waals surface area contributed by atoms with E-state index in [4.69, 9.17) is 5.26 Å². The summed E-state index contributed by atoms with van der Waals surface area (Å²) in [6.45, 7) is 4.00. The lowest BCUT2D eigenvalue weighted by Crippen LogP contribution is -1.83. The molecule has 0 N–H and O–H groups in total. The Morgan fingerprint density at radius 1 is 1.42 bits per heavy atom. The molecule has 0 amide bonds. The second-order valence-electron chi connectivity index (χ2n) is 2.77. The van der Waals surface area contributed by atoms with Crippen LogP contribution in [-0.2, 0) is 0 Å². The van der Waals surface area contributed by atoms with Crippen molar-refractivity contribution < 1.29 is 0 Å². The molecule has 0 saturated carbocycles. The molecule has 1 rings (SSSR count). The van der Waals surface area contributed by atoms with E-state index in [1.165, 1.54) is 5.56 Å². The van der Waals surface area contributed by atoms with Crippen LogP contribution < -0.4 is 0 Å². The predicted octanol–water partition coefficient (Wildman–Crippen LogP) is 2.92. The monoisotopic (exact) mass is 157 g/mol. The Morgan fingerprint density at radius 2 is 2.08 bits per heavy atom. The van der Waals surface area contributed by atoms with E-state index >= 15 is 0 Å². The average molecular weight is 157 g/mol. The van der Waals surface area contributed by atoms with Crippen molar-refractivity contribution in [3.63, 3.8) is 0 Å². The van der Waals surface area contributed by atoms with E-state index in [1.54, 1.807) is 6.08 Å². The summed E-state index contributed by atoms with van der Waals surface area (Å²) in [7, 11) is 0. The molecule has 0 spiro atoms. The number of hydrogen-bond donors (Lipinski definition) is 0. The Labute approximate surface area is 73.0 Å². The summed E-state index contributed by atoms with van der Waals surface area (Å²) in [5, 5.41) is 8.46. The third kappa shape index (κ3) is 1.73. The van der Waals surface area contributed by atoms with Gasteiger partial charge in [-0.3, -0.25) is 0 Å². The van der Waals surface area contributed by atoms with Gasteiger partial charge in [0.1, 0.15) is 0 Å². The quantitative estimate of drug-likeness (QED) is 0.575. The standard InChI is InChI=1S/C11H11N/c1-9-5-3-4-6-11(9)10(2)7-8-12/h3-7H,1-2H3/b10-7+. The number of rotatable bonds is 1.